The second-order valence-corrected chi connectivity index (χ2v) is 4.29. The zero-order valence-electron chi connectivity index (χ0n) is 9.38. The lowest BCUT2D eigenvalue weighted by Crippen LogP contribution is -2.44. The van der Waals surface area contributed by atoms with Gasteiger partial charge in [-0.25, -0.2) is 0 Å². The van der Waals surface area contributed by atoms with Gasteiger partial charge in [-0.3, -0.25) is 4.79 Å². The topological polar surface area (TPSA) is 38.3 Å². The van der Waals surface area contributed by atoms with Gasteiger partial charge in [-0.1, -0.05) is 13.3 Å². The molecule has 1 rings (SSSR count). The van der Waals surface area contributed by atoms with E-state index in [1.165, 1.54) is 6.42 Å². The standard InChI is InChI=1S/C11H21NO2/c1-4-9-5-6-12-10(7-9)11(13)14-8(2)3/h8-10,12H,4-7H2,1-3H3. The Kier molecular flexibility index (Phi) is 4.39. The molecule has 2 unspecified atom stereocenters. The van der Waals surface area contributed by atoms with Crippen LogP contribution in [-0.4, -0.2) is 24.7 Å². The largest absolute Gasteiger partial charge is 0.462 e. The summed E-state index contributed by atoms with van der Waals surface area (Å²) in [5.74, 6) is 0.596. The fourth-order valence-electron chi connectivity index (χ4n) is 1.86. The van der Waals surface area contributed by atoms with Crippen molar-refractivity contribution in [1.82, 2.24) is 5.32 Å². The molecule has 1 aliphatic rings. The maximum atomic E-state index is 11.6. The molecule has 2 atom stereocenters. The van der Waals surface area contributed by atoms with Gasteiger partial charge in [0.25, 0.3) is 0 Å². The Morgan fingerprint density at radius 1 is 1.57 bits per heavy atom. The molecule has 0 aromatic rings. The van der Waals surface area contributed by atoms with Crippen molar-refractivity contribution in [2.45, 2.75) is 52.2 Å². The van der Waals surface area contributed by atoms with E-state index in [4.69, 9.17) is 4.74 Å². The molecule has 0 spiro atoms. The van der Waals surface area contributed by atoms with Crippen molar-refractivity contribution < 1.29 is 9.53 Å². The summed E-state index contributed by atoms with van der Waals surface area (Å²) in [5.41, 5.74) is 0. The molecule has 3 nitrogen and oxygen atoms in total. The van der Waals surface area contributed by atoms with Crippen LogP contribution in [0.3, 0.4) is 0 Å². The monoisotopic (exact) mass is 199 g/mol. The third-order valence-corrected chi connectivity index (χ3v) is 2.73. The fourth-order valence-corrected chi connectivity index (χ4v) is 1.86. The molecule has 0 aromatic heterocycles. The molecule has 0 aliphatic carbocycles. The van der Waals surface area contributed by atoms with Crippen molar-refractivity contribution >= 4 is 5.97 Å². The lowest BCUT2D eigenvalue weighted by molar-refractivity contribution is -0.151. The van der Waals surface area contributed by atoms with E-state index < -0.39 is 0 Å². The first-order chi connectivity index (χ1) is 6.63. The van der Waals surface area contributed by atoms with Crippen molar-refractivity contribution in [2.24, 2.45) is 5.92 Å². The van der Waals surface area contributed by atoms with Gasteiger partial charge in [0.1, 0.15) is 6.04 Å². The van der Waals surface area contributed by atoms with Crippen LogP contribution in [0.2, 0.25) is 0 Å². The van der Waals surface area contributed by atoms with E-state index >= 15 is 0 Å². The second-order valence-electron chi connectivity index (χ2n) is 4.29. The van der Waals surface area contributed by atoms with E-state index in [1.807, 2.05) is 13.8 Å². The smallest absolute Gasteiger partial charge is 0.323 e. The summed E-state index contributed by atoms with van der Waals surface area (Å²) in [6, 6.07) is -0.0731. The van der Waals surface area contributed by atoms with Gasteiger partial charge in [0, 0.05) is 0 Å². The summed E-state index contributed by atoms with van der Waals surface area (Å²) in [4.78, 5) is 11.6. The number of rotatable bonds is 3. The van der Waals surface area contributed by atoms with Crippen LogP contribution in [0.25, 0.3) is 0 Å². The zero-order chi connectivity index (χ0) is 10.6. The highest BCUT2D eigenvalue weighted by Crippen LogP contribution is 2.20. The minimum Gasteiger partial charge on any atom is -0.462 e. The number of hydrogen-bond acceptors (Lipinski definition) is 3. The van der Waals surface area contributed by atoms with Crippen LogP contribution in [0.1, 0.15) is 40.0 Å². The summed E-state index contributed by atoms with van der Waals surface area (Å²) in [6.07, 6.45) is 3.27. The molecule has 1 aliphatic heterocycles. The van der Waals surface area contributed by atoms with E-state index in [-0.39, 0.29) is 18.1 Å². The number of hydrogen-bond donors (Lipinski definition) is 1. The average molecular weight is 199 g/mol. The van der Waals surface area contributed by atoms with E-state index in [0.717, 1.165) is 19.4 Å². The normalized spacial score (nSPS) is 27.7. The van der Waals surface area contributed by atoms with Gasteiger partial charge >= 0.3 is 5.97 Å². The highest BCUT2D eigenvalue weighted by Gasteiger charge is 2.27. The molecule has 0 bridgehead atoms. The molecular formula is C11H21NO2. The molecule has 14 heavy (non-hydrogen) atoms. The Balaban J connectivity index is 2.39. The fraction of sp³-hybridized carbons (Fsp3) is 0.909. The minimum absolute atomic E-state index is 0.00805. The van der Waals surface area contributed by atoms with Crippen molar-refractivity contribution in [3.05, 3.63) is 0 Å². The van der Waals surface area contributed by atoms with E-state index in [0.29, 0.717) is 5.92 Å². The third kappa shape index (κ3) is 3.29. The number of nitrogens with one attached hydrogen (secondary N) is 1. The second kappa shape index (κ2) is 5.35. The number of carbonyl (C=O) groups excluding carboxylic acids is 1. The van der Waals surface area contributed by atoms with Gasteiger partial charge < -0.3 is 10.1 Å². The summed E-state index contributed by atoms with van der Waals surface area (Å²) in [6.45, 7) is 6.90. The Labute approximate surface area is 86.2 Å². The summed E-state index contributed by atoms with van der Waals surface area (Å²) >= 11 is 0. The maximum absolute atomic E-state index is 11.6. The molecule has 0 amide bonds. The van der Waals surface area contributed by atoms with E-state index in [9.17, 15) is 4.79 Å². The summed E-state index contributed by atoms with van der Waals surface area (Å²) in [7, 11) is 0. The van der Waals surface area contributed by atoms with Crippen molar-refractivity contribution in [3.8, 4) is 0 Å². The minimum atomic E-state index is -0.0850. The SMILES string of the molecule is CCC1CCNC(C(=O)OC(C)C)C1. The summed E-state index contributed by atoms with van der Waals surface area (Å²) < 4.78 is 5.18. The molecule has 3 heteroatoms. The van der Waals surface area contributed by atoms with Crippen LogP contribution in [0.4, 0.5) is 0 Å². The quantitative estimate of drug-likeness (QED) is 0.703. The van der Waals surface area contributed by atoms with Gasteiger partial charge in [0.2, 0.25) is 0 Å². The number of piperidine rings is 1. The van der Waals surface area contributed by atoms with Crippen molar-refractivity contribution in [3.63, 3.8) is 0 Å². The molecule has 1 N–H and O–H groups in total. The average Bonchev–Trinajstić information content (AvgIpc) is 2.17. The zero-order valence-corrected chi connectivity index (χ0v) is 9.38. The molecular weight excluding hydrogens is 178 g/mol. The first kappa shape index (κ1) is 11.5. The Hall–Kier alpha value is -0.570. The van der Waals surface area contributed by atoms with Crippen molar-refractivity contribution in [2.75, 3.05) is 6.54 Å². The highest BCUT2D eigenvalue weighted by atomic mass is 16.5. The molecule has 1 heterocycles. The third-order valence-electron chi connectivity index (χ3n) is 2.73. The van der Waals surface area contributed by atoms with Crippen LogP contribution in [0.15, 0.2) is 0 Å². The molecule has 0 aromatic carbocycles. The highest BCUT2D eigenvalue weighted by molar-refractivity contribution is 5.76. The Morgan fingerprint density at radius 2 is 2.29 bits per heavy atom. The molecule has 0 radical (unpaired) electrons. The number of ether oxygens (including phenoxy) is 1. The van der Waals surface area contributed by atoms with Gasteiger partial charge in [-0.05, 0) is 39.2 Å². The van der Waals surface area contributed by atoms with Crippen LogP contribution >= 0.6 is 0 Å². The molecule has 82 valence electrons. The van der Waals surface area contributed by atoms with Crippen LogP contribution in [0.5, 0.6) is 0 Å². The molecule has 1 saturated heterocycles. The lowest BCUT2D eigenvalue weighted by atomic mass is 9.90. The molecule has 0 saturated carbocycles. The Morgan fingerprint density at radius 3 is 2.86 bits per heavy atom. The van der Waals surface area contributed by atoms with Gasteiger partial charge in [0.05, 0.1) is 6.10 Å². The predicted octanol–water partition coefficient (Wildman–Crippen LogP) is 1.72. The molecule has 1 fully saturated rings. The van der Waals surface area contributed by atoms with Crippen molar-refractivity contribution in [1.29, 1.82) is 0 Å². The summed E-state index contributed by atoms with van der Waals surface area (Å²) in [5, 5.41) is 3.21. The number of carbonyl (C=O) groups is 1. The van der Waals surface area contributed by atoms with E-state index in [2.05, 4.69) is 12.2 Å². The van der Waals surface area contributed by atoms with Gasteiger partial charge in [-0.2, -0.15) is 0 Å². The van der Waals surface area contributed by atoms with Crippen LogP contribution in [0, 0.1) is 5.92 Å². The van der Waals surface area contributed by atoms with Gasteiger partial charge in [0.15, 0.2) is 0 Å². The first-order valence-electron chi connectivity index (χ1n) is 5.57. The maximum Gasteiger partial charge on any atom is 0.323 e. The number of esters is 1. The Bertz CT molecular complexity index is 192. The lowest BCUT2D eigenvalue weighted by Gasteiger charge is -2.28. The van der Waals surface area contributed by atoms with Gasteiger partial charge in [-0.15, -0.1) is 0 Å². The predicted molar refractivity (Wildman–Crippen MR) is 56.0 cm³/mol. The van der Waals surface area contributed by atoms with Crippen LogP contribution in [-0.2, 0) is 9.53 Å². The van der Waals surface area contributed by atoms with E-state index in [1.54, 1.807) is 0 Å². The first-order valence-corrected chi connectivity index (χ1v) is 5.57. The van der Waals surface area contributed by atoms with Crippen LogP contribution < -0.4 is 5.32 Å².